The summed E-state index contributed by atoms with van der Waals surface area (Å²) in [4.78, 5) is 17.7. The van der Waals surface area contributed by atoms with Crippen molar-refractivity contribution in [2.24, 2.45) is 11.8 Å². The second kappa shape index (κ2) is 9.94. The van der Waals surface area contributed by atoms with Crippen molar-refractivity contribution in [2.75, 3.05) is 43.2 Å². The first-order valence-corrected chi connectivity index (χ1v) is 12.6. The summed E-state index contributed by atoms with van der Waals surface area (Å²) in [6.45, 7) is 9.02. The molecule has 0 bridgehead atoms. The van der Waals surface area contributed by atoms with Gasteiger partial charge in [-0.2, -0.15) is 0 Å². The Bertz CT molecular complexity index is 788. The molecule has 0 unspecified atom stereocenters. The Labute approximate surface area is 175 Å². The number of hydrogen-bond acceptors (Lipinski definition) is 4. The largest absolute Gasteiger partial charge is 0.338 e. The van der Waals surface area contributed by atoms with Gasteiger partial charge in [0.2, 0.25) is 10.0 Å². The van der Waals surface area contributed by atoms with Gasteiger partial charge in [-0.3, -0.25) is 9.52 Å². The highest BCUT2D eigenvalue weighted by atomic mass is 32.2. The number of piperidine rings is 2. The third kappa shape index (κ3) is 6.19. The number of sulfonamides is 1. The third-order valence-electron chi connectivity index (χ3n) is 6.09. The van der Waals surface area contributed by atoms with E-state index in [0.717, 1.165) is 51.5 Å². The van der Waals surface area contributed by atoms with Crippen LogP contribution in [-0.2, 0) is 10.0 Å². The molecule has 0 aromatic heterocycles. The predicted molar refractivity (Wildman–Crippen MR) is 118 cm³/mol. The summed E-state index contributed by atoms with van der Waals surface area (Å²) in [5.74, 6) is 1.29. The van der Waals surface area contributed by atoms with Crippen LogP contribution in [0.15, 0.2) is 24.3 Å². The summed E-state index contributed by atoms with van der Waals surface area (Å²) in [7, 11) is -3.43. The summed E-state index contributed by atoms with van der Waals surface area (Å²) in [5.41, 5.74) is 0.831. The number of hydrogen-bond donors (Lipinski definition) is 1. The molecule has 1 amide bonds. The number of benzene rings is 1. The second-order valence-corrected chi connectivity index (χ2v) is 10.6. The Hall–Kier alpha value is -1.60. The maximum absolute atomic E-state index is 13.2. The molecule has 6 nitrogen and oxygen atoms in total. The van der Waals surface area contributed by atoms with E-state index in [1.807, 2.05) is 11.8 Å². The number of nitrogens with zero attached hydrogens (tertiary/aromatic N) is 2. The van der Waals surface area contributed by atoms with Crippen molar-refractivity contribution in [1.82, 2.24) is 9.80 Å². The number of carbonyl (C=O) groups is 1. The van der Waals surface area contributed by atoms with Crippen molar-refractivity contribution in [1.29, 1.82) is 0 Å². The van der Waals surface area contributed by atoms with Crippen LogP contribution in [0.1, 0.15) is 56.3 Å². The summed E-state index contributed by atoms with van der Waals surface area (Å²) in [6.07, 6.45) is 5.22. The lowest BCUT2D eigenvalue weighted by Gasteiger charge is -2.38. The molecule has 1 N–H and O–H groups in total. The fourth-order valence-electron chi connectivity index (χ4n) is 4.42. The Morgan fingerprint density at radius 1 is 1.14 bits per heavy atom. The Balaban J connectivity index is 1.65. The molecule has 2 aliphatic rings. The molecule has 2 heterocycles. The van der Waals surface area contributed by atoms with Gasteiger partial charge in [0.15, 0.2) is 0 Å². The highest BCUT2D eigenvalue weighted by Crippen LogP contribution is 2.25. The van der Waals surface area contributed by atoms with Crippen LogP contribution in [0, 0.1) is 11.8 Å². The molecule has 0 spiro atoms. The SMILES string of the molecule is CCCS(=O)(=O)Nc1ccccc1C(=O)N1CCC[C@@H](CN2CCC(C)CC2)C1. The highest BCUT2D eigenvalue weighted by molar-refractivity contribution is 7.92. The summed E-state index contributed by atoms with van der Waals surface area (Å²) in [6, 6.07) is 6.96. The lowest BCUT2D eigenvalue weighted by Crippen LogP contribution is -2.45. The number of para-hydroxylation sites is 1. The third-order valence-corrected chi connectivity index (χ3v) is 7.57. The fourth-order valence-corrected chi connectivity index (χ4v) is 5.58. The molecule has 1 aromatic carbocycles. The Morgan fingerprint density at radius 3 is 2.59 bits per heavy atom. The Kier molecular flexibility index (Phi) is 7.57. The van der Waals surface area contributed by atoms with Gasteiger partial charge in [-0.1, -0.05) is 26.0 Å². The van der Waals surface area contributed by atoms with Crippen LogP contribution < -0.4 is 4.72 Å². The first kappa shape index (κ1) is 22.1. The van der Waals surface area contributed by atoms with E-state index in [2.05, 4.69) is 16.5 Å². The molecule has 0 radical (unpaired) electrons. The zero-order valence-electron chi connectivity index (χ0n) is 17.8. The lowest BCUT2D eigenvalue weighted by molar-refractivity contribution is 0.0623. The zero-order chi connectivity index (χ0) is 20.9. The average Bonchev–Trinajstić information content (AvgIpc) is 2.69. The van der Waals surface area contributed by atoms with Crippen LogP contribution in [0.5, 0.6) is 0 Å². The molecule has 0 aliphatic carbocycles. The quantitative estimate of drug-likeness (QED) is 0.732. The number of rotatable bonds is 7. The molecule has 162 valence electrons. The normalized spacial score (nSPS) is 21.9. The van der Waals surface area contributed by atoms with Gasteiger partial charge in [0, 0.05) is 19.6 Å². The fraction of sp³-hybridized carbons (Fsp3) is 0.682. The first-order chi connectivity index (χ1) is 13.9. The van der Waals surface area contributed by atoms with Crippen molar-refractivity contribution in [3.05, 3.63) is 29.8 Å². The number of amides is 1. The van der Waals surface area contributed by atoms with Gasteiger partial charge in [-0.15, -0.1) is 0 Å². The van der Waals surface area contributed by atoms with Crippen molar-refractivity contribution in [3.8, 4) is 0 Å². The minimum absolute atomic E-state index is 0.0514. The number of nitrogens with one attached hydrogen (secondary N) is 1. The van der Waals surface area contributed by atoms with Gasteiger partial charge in [-0.25, -0.2) is 8.42 Å². The van der Waals surface area contributed by atoms with Crippen molar-refractivity contribution < 1.29 is 13.2 Å². The van der Waals surface area contributed by atoms with Crippen LogP contribution >= 0.6 is 0 Å². The highest BCUT2D eigenvalue weighted by Gasteiger charge is 2.28. The molecular formula is C22H35N3O3S. The Morgan fingerprint density at radius 2 is 1.86 bits per heavy atom. The van der Waals surface area contributed by atoms with E-state index >= 15 is 0 Å². The van der Waals surface area contributed by atoms with Gasteiger partial charge in [0.1, 0.15) is 0 Å². The minimum atomic E-state index is -3.43. The summed E-state index contributed by atoms with van der Waals surface area (Å²) in [5, 5.41) is 0. The van der Waals surface area contributed by atoms with Gasteiger partial charge >= 0.3 is 0 Å². The first-order valence-electron chi connectivity index (χ1n) is 11.0. The topological polar surface area (TPSA) is 69.7 Å². The van der Waals surface area contributed by atoms with E-state index in [1.54, 1.807) is 24.3 Å². The van der Waals surface area contributed by atoms with Gasteiger partial charge < -0.3 is 9.80 Å². The van der Waals surface area contributed by atoms with Crippen LogP contribution in [0.3, 0.4) is 0 Å². The van der Waals surface area contributed by atoms with E-state index < -0.39 is 10.0 Å². The van der Waals surface area contributed by atoms with Crippen molar-refractivity contribution in [3.63, 3.8) is 0 Å². The van der Waals surface area contributed by atoms with Crippen LogP contribution in [-0.4, -0.2) is 62.6 Å². The molecule has 2 saturated heterocycles. The molecule has 0 saturated carbocycles. The lowest BCUT2D eigenvalue weighted by atomic mass is 9.94. The van der Waals surface area contributed by atoms with Crippen LogP contribution in [0.2, 0.25) is 0 Å². The van der Waals surface area contributed by atoms with E-state index in [1.165, 1.54) is 12.8 Å². The smallest absolute Gasteiger partial charge is 0.255 e. The van der Waals surface area contributed by atoms with Crippen LogP contribution in [0.25, 0.3) is 0 Å². The molecule has 7 heteroatoms. The summed E-state index contributed by atoms with van der Waals surface area (Å²) < 4.78 is 27.0. The van der Waals surface area contributed by atoms with Crippen molar-refractivity contribution >= 4 is 21.6 Å². The number of likely N-dealkylation sites (tertiary alicyclic amines) is 2. The van der Waals surface area contributed by atoms with E-state index in [-0.39, 0.29) is 11.7 Å². The molecule has 29 heavy (non-hydrogen) atoms. The maximum Gasteiger partial charge on any atom is 0.255 e. The zero-order valence-corrected chi connectivity index (χ0v) is 18.6. The molecule has 1 aromatic rings. The predicted octanol–water partition coefficient (Wildman–Crippen LogP) is 3.42. The molecule has 1 atom stereocenters. The van der Waals surface area contributed by atoms with Gasteiger partial charge in [-0.05, 0) is 69.2 Å². The van der Waals surface area contributed by atoms with E-state index in [0.29, 0.717) is 23.6 Å². The number of anilines is 1. The van der Waals surface area contributed by atoms with Crippen molar-refractivity contribution in [2.45, 2.75) is 46.0 Å². The molecule has 2 aliphatic heterocycles. The van der Waals surface area contributed by atoms with Gasteiger partial charge in [0.05, 0.1) is 17.0 Å². The second-order valence-electron chi connectivity index (χ2n) is 8.71. The average molecular weight is 422 g/mol. The molecular weight excluding hydrogens is 386 g/mol. The molecule has 3 rings (SSSR count). The van der Waals surface area contributed by atoms with Crippen LogP contribution in [0.4, 0.5) is 5.69 Å². The van der Waals surface area contributed by atoms with E-state index in [9.17, 15) is 13.2 Å². The minimum Gasteiger partial charge on any atom is -0.338 e. The monoisotopic (exact) mass is 421 g/mol. The van der Waals surface area contributed by atoms with E-state index in [4.69, 9.17) is 0 Å². The summed E-state index contributed by atoms with van der Waals surface area (Å²) >= 11 is 0. The van der Waals surface area contributed by atoms with Gasteiger partial charge in [0.25, 0.3) is 5.91 Å². The number of carbonyl (C=O) groups excluding carboxylic acids is 1. The molecule has 2 fully saturated rings. The maximum atomic E-state index is 13.2. The standard InChI is InChI=1S/C22H35N3O3S/c1-3-15-29(27,28)23-21-9-5-4-8-20(21)22(26)25-12-6-7-19(17-25)16-24-13-10-18(2)11-14-24/h4-5,8-9,18-19,23H,3,6-7,10-17H2,1-2H3/t19-/m0/s1.